The minimum atomic E-state index is 0.161. The van der Waals surface area contributed by atoms with Crippen molar-refractivity contribution in [2.24, 2.45) is 5.92 Å². The van der Waals surface area contributed by atoms with Crippen LogP contribution in [0, 0.1) is 5.92 Å². The third kappa shape index (κ3) is 6.39. The van der Waals surface area contributed by atoms with Crippen LogP contribution in [0.2, 0.25) is 0 Å². The van der Waals surface area contributed by atoms with Gasteiger partial charge in [0.05, 0.1) is 0 Å². The standard InChI is InChI=1S/C15H30N2O/c1-13(11-16-15(2,3)4)12-17-10-8-6-5-7-9-14(17)18/h13,16H,5-12H2,1-4H3. The van der Waals surface area contributed by atoms with Crippen molar-refractivity contribution in [3.8, 4) is 0 Å². The maximum Gasteiger partial charge on any atom is 0.222 e. The summed E-state index contributed by atoms with van der Waals surface area (Å²) in [5.74, 6) is 0.880. The summed E-state index contributed by atoms with van der Waals surface area (Å²) in [6, 6.07) is 0. The van der Waals surface area contributed by atoms with Crippen LogP contribution >= 0.6 is 0 Å². The van der Waals surface area contributed by atoms with Crippen LogP contribution < -0.4 is 5.32 Å². The van der Waals surface area contributed by atoms with Crippen LogP contribution in [-0.4, -0.2) is 36.0 Å². The van der Waals surface area contributed by atoms with Crippen LogP contribution in [0.5, 0.6) is 0 Å². The average molecular weight is 254 g/mol. The molecule has 1 heterocycles. The lowest BCUT2D eigenvalue weighted by atomic mass is 10.0. The number of carbonyl (C=O) groups is 1. The summed E-state index contributed by atoms with van der Waals surface area (Å²) in [6.07, 6.45) is 5.49. The highest BCUT2D eigenvalue weighted by molar-refractivity contribution is 5.76. The van der Waals surface area contributed by atoms with E-state index in [1.807, 2.05) is 0 Å². The predicted octanol–water partition coefficient (Wildman–Crippen LogP) is 2.80. The molecular formula is C15H30N2O. The van der Waals surface area contributed by atoms with Gasteiger partial charge in [0.15, 0.2) is 0 Å². The van der Waals surface area contributed by atoms with E-state index >= 15 is 0 Å². The second kappa shape index (κ2) is 7.13. The molecule has 18 heavy (non-hydrogen) atoms. The van der Waals surface area contributed by atoms with Crippen molar-refractivity contribution in [1.29, 1.82) is 0 Å². The zero-order valence-corrected chi connectivity index (χ0v) is 12.6. The highest BCUT2D eigenvalue weighted by Gasteiger charge is 2.18. The topological polar surface area (TPSA) is 32.3 Å². The number of nitrogens with zero attached hydrogens (tertiary/aromatic N) is 1. The van der Waals surface area contributed by atoms with E-state index in [4.69, 9.17) is 0 Å². The van der Waals surface area contributed by atoms with E-state index in [0.29, 0.717) is 11.8 Å². The summed E-state index contributed by atoms with van der Waals surface area (Å²) in [6.45, 7) is 11.6. The van der Waals surface area contributed by atoms with Gasteiger partial charge in [0.25, 0.3) is 0 Å². The van der Waals surface area contributed by atoms with E-state index in [2.05, 4.69) is 37.9 Å². The van der Waals surface area contributed by atoms with Crippen LogP contribution in [0.4, 0.5) is 0 Å². The highest BCUT2D eigenvalue weighted by Crippen LogP contribution is 2.13. The maximum absolute atomic E-state index is 12.0. The summed E-state index contributed by atoms with van der Waals surface area (Å²) in [4.78, 5) is 14.1. The summed E-state index contributed by atoms with van der Waals surface area (Å²) in [7, 11) is 0. The first-order chi connectivity index (χ1) is 8.38. The van der Waals surface area contributed by atoms with E-state index in [-0.39, 0.29) is 5.54 Å². The van der Waals surface area contributed by atoms with Gasteiger partial charge in [0.2, 0.25) is 5.91 Å². The molecule has 0 aliphatic carbocycles. The summed E-state index contributed by atoms with van der Waals surface area (Å²) >= 11 is 0. The van der Waals surface area contributed by atoms with Crippen LogP contribution in [0.25, 0.3) is 0 Å². The Hall–Kier alpha value is -0.570. The van der Waals surface area contributed by atoms with E-state index in [1.165, 1.54) is 19.3 Å². The van der Waals surface area contributed by atoms with Gasteiger partial charge in [-0.25, -0.2) is 0 Å². The number of hydrogen-bond donors (Lipinski definition) is 1. The van der Waals surface area contributed by atoms with Crippen molar-refractivity contribution in [3.63, 3.8) is 0 Å². The van der Waals surface area contributed by atoms with Gasteiger partial charge in [0.1, 0.15) is 0 Å². The lowest BCUT2D eigenvalue weighted by Crippen LogP contribution is -2.43. The molecule has 0 aromatic carbocycles. The summed E-state index contributed by atoms with van der Waals surface area (Å²) in [5.41, 5.74) is 0.161. The molecule has 1 atom stereocenters. The quantitative estimate of drug-likeness (QED) is 0.836. The molecule has 1 N–H and O–H groups in total. The fourth-order valence-electron chi connectivity index (χ4n) is 2.33. The minimum Gasteiger partial charge on any atom is -0.342 e. The monoisotopic (exact) mass is 254 g/mol. The lowest BCUT2D eigenvalue weighted by Gasteiger charge is -2.29. The molecule has 3 nitrogen and oxygen atoms in total. The van der Waals surface area contributed by atoms with Crippen molar-refractivity contribution in [2.75, 3.05) is 19.6 Å². The van der Waals surface area contributed by atoms with Crippen molar-refractivity contribution >= 4 is 5.91 Å². The fraction of sp³-hybridized carbons (Fsp3) is 0.933. The Morgan fingerprint density at radius 2 is 1.89 bits per heavy atom. The highest BCUT2D eigenvalue weighted by atomic mass is 16.2. The minimum absolute atomic E-state index is 0.161. The van der Waals surface area contributed by atoms with Gasteiger partial charge in [0, 0.05) is 25.0 Å². The van der Waals surface area contributed by atoms with Crippen molar-refractivity contribution in [1.82, 2.24) is 10.2 Å². The first kappa shape index (κ1) is 15.5. The van der Waals surface area contributed by atoms with Crippen LogP contribution in [0.15, 0.2) is 0 Å². The number of hydrogen-bond acceptors (Lipinski definition) is 2. The van der Waals surface area contributed by atoms with Gasteiger partial charge in [-0.15, -0.1) is 0 Å². The normalized spacial score (nSPS) is 20.4. The summed E-state index contributed by atoms with van der Waals surface area (Å²) < 4.78 is 0. The Labute approximate surface area is 112 Å². The molecule has 1 saturated heterocycles. The number of rotatable bonds is 4. The second-order valence-electron chi connectivity index (χ2n) is 6.74. The molecule has 106 valence electrons. The van der Waals surface area contributed by atoms with E-state index in [9.17, 15) is 4.79 Å². The van der Waals surface area contributed by atoms with Crippen LogP contribution in [-0.2, 0) is 4.79 Å². The SMILES string of the molecule is CC(CNC(C)(C)C)CN1CCCCCCC1=O. The van der Waals surface area contributed by atoms with Gasteiger partial charge in [-0.2, -0.15) is 0 Å². The molecule has 1 unspecified atom stereocenters. The molecule has 1 aliphatic rings. The third-order valence-corrected chi connectivity index (χ3v) is 3.43. The molecule has 1 rings (SSSR count). The molecule has 0 saturated carbocycles. The van der Waals surface area contributed by atoms with Gasteiger partial charge in [-0.1, -0.05) is 19.8 Å². The smallest absolute Gasteiger partial charge is 0.222 e. The maximum atomic E-state index is 12.0. The molecular weight excluding hydrogens is 224 g/mol. The molecule has 1 amide bonds. The molecule has 1 fully saturated rings. The molecule has 1 aliphatic heterocycles. The Kier molecular flexibility index (Phi) is 6.13. The van der Waals surface area contributed by atoms with Crippen LogP contribution in [0.3, 0.4) is 0 Å². The molecule has 0 aromatic rings. The molecule has 0 radical (unpaired) electrons. The second-order valence-corrected chi connectivity index (χ2v) is 6.74. The van der Waals surface area contributed by atoms with Gasteiger partial charge < -0.3 is 10.2 Å². The van der Waals surface area contributed by atoms with Gasteiger partial charge in [-0.05, 0) is 46.1 Å². The van der Waals surface area contributed by atoms with E-state index in [1.54, 1.807) is 0 Å². The molecule has 0 aromatic heterocycles. The Bertz CT molecular complexity index is 258. The zero-order valence-electron chi connectivity index (χ0n) is 12.6. The van der Waals surface area contributed by atoms with E-state index in [0.717, 1.165) is 32.5 Å². The largest absolute Gasteiger partial charge is 0.342 e. The van der Waals surface area contributed by atoms with Crippen molar-refractivity contribution in [3.05, 3.63) is 0 Å². The van der Waals surface area contributed by atoms with Crippen molar-refractivity contribution < 1.29 is 4.79 Å². The summed E-state index contributed by atoms with van der Waals surface area (Å²) in [5, 5.41) is 3.52. The number of amides is 1. The van der Waals surface area contributed by atoms with E-state index < -0.39 is 0 Å². The molecule has 0 bridgehead atoms. The number of likely N-dealkylation sites (tertiary alicyclic amines) is 1. The van der Waals surface area contributed by atoms with Crippen LogP contribution in [0.1, 0.15) is 59.8 Å². The number of carbonyl (C=O) groups excluding carboxylic acids is 1. The van der Waals surface area contributed by atoms with Crippen molar-refractivity contribution in [2.45, 2.75) is 65.3 Å². The Balaban J connectivity index is 2.36. The van der Waals surface area contributed by atoms with Gasteiger partial charge >= 0.3 is 0 Å². The lowest BCUT2D eigenvalue weighted by molar-refractivity contribution is -0.132. The third-order valence-electron chi connectivity index (χ3n) is 3.43. The van der Waals surface area contributed by atoms with Gasteiger partial charge in [-0.3, -0.25) is 4.79 Å². The average Bonchev–Trinajstić information content (AvgIpc) is 2.25. The Morgan fingerprint density at radius 1 is 1.22 bits per heavy atom. The first-order valence-corrected chi connectivity index (χ1v) is 7.41. The molecule has 0 spiro atoms. The first-order valence-electron chi connectivity index (χ1n) is 7.41. The zero-order chi connectivity index (χ0) is 13.6. The fourth-order valence-corrected chi connectivity index (χ4v) is 2.33. The predicted molar refractivity (Wildman–Crippen MR) is 76.6 cm³/mol. The Morgan fingerprint density at radius 3 is 2.56 bits per heavy atom. The molecule has 3 heteroatoms. The number of nitrogens with one attached hydrogen (secondary N) is 1.